The average molecular weight is 449 g/mol. The van der Waals surface area contributed by atoms with E-state index < -0.39 is 0 Å². The third kappa shape index (κ3) is 4.63. The van der Waals surface area contributed by atoms with Crippen molar-refractivity contribution in [2.24, 2.45) is 11.3 Å². The molecular weight excluding hydrogens is 419 g/mol. The Kier molecular flexibility index (Phi) is 5.87. The lowest BCUT2D eigenvalue weighted by Crippen LogP contribution is -2.50. The van der Waals surface area contributed by atoms with Crippen LogP contribution in [0.5, 0.6) is 0 Å². The van der Waals surface area contributed by atoms with E-state index in [1.807, 2.05) is 28.0 Å². The number of pyridine rings is 1. The second-order valence-corrected chi connectivity index (χ2v) is 9.33. The predicted molar refractivity (Wildman–Crippen MR) is 125 cm³/mol. The summed E-state index contributed by atoms with van der Waals surface area (Å²) >= 11 is 0. The smallest absolute Gasteiger partial charge is 0.246 e. The van der Waals surface area contributed by atoms with Gasteiger partial charge < -0.3 is 14.7 Å². The van der Waals surface area contributed by atoms with Gasteiger partial charge in [-0.25, -0.2) is 9.37 Å². The third-order valence-corrected chi connectivity index (χ3v) is 7.41. The van der Waals surface area contributed by atoms with Crippen molar-refractivity contribution < 1.29 is 14.0 Å². The first kappa shape index (κ1) is 21.6. The van der Waals surface area contributed by atoms with Crippen LogP contribution in [0.4, 0.5) is 10.2 Å². The number of piperazine rings is 1. The molecule has 1 aliphatic carbocycles. The molecule has 172 valence electrons. The second-order valence-electron chi connectivity index (χ2n) is 9.33. The second kappa shape index (κ2) is 8.96. The number of amides is 2. The molecule has 2 amide bonds. The minimum atomic E-state index is -0.288. The Morgan fingerprint density at radius 3 is 2.33 bits per heavy atom. The molecule has 1 spiro atoms. The van der Waals surface area contributed by atoms with E-state index >= 15 is 0 Å². The Labute approximate surface area is 193 Å². The highest BCUT2D eigenvalue weighted by atomic mass is 19.1. The van der Waals surface area contributed by atoms with Gasteiger partial charge in [-0.05, 0) is 60.6 Å². The molecule has 6 nitrogen and oxygen atoms in total. The summed E-state index contributed by atoms with van der Waals surface area (Å²) in [6.45, 7) is 4.46. The largest absolute Gasteiger partial charge is 0.353 e. The topological polar surface area (TPSA) is 56.8 Å². The number of hydrogen-bond acceptors (Lipinski definition) is 4. The molecule has 1 aromatic carbocycles. The van der Waals surface area contributed by atoms with E-state index in [0.29, 0.717) is 13.1 Å². The van der Waals surface area contributed by atoms with Crippen molar-refractivity contribution >= 4 is 23.7 Å². The van der Waals surface area contributed by atoms with Gasteiger partial charge in [-0.15, -0.1) is 0 Å². The quantitative estimate of drug-likeness (QED) is 0.674. The predicted octanol–water partition coefficient (Wildman–Crippen LogP) is 3.21. The van der Waals surface area contributed by atoms with E-state index in [1.165, 1.54) is 12.1 Å². The van der Waals surface area contributed by atoms with Crippen LogP contribution >= 0.6 is 0 Å². The third-order valence-electron chi connectivity index (χ3n) is 7.41. The van der Waals surface area contributed by atoms with E-state index in [0.717, 1.165) is 56.8 Å². The summed E-state index contributed by atoms with van der Waals surface area (Å²) in [6.07, 6.45) is 7.79. The van der Waals surface area contributed by atoms with Crippen LogP contribution in [0.25, 0.3) is 6.08 Å². The zero-order valence-corrected chi connectivity index (χ0v) is 18.7. The summed E-state index contributed by atoms with van der Waals surface area (Å²) in [5.41, 5.74) is 0.876. The molecule has 0 unspecified atom stereocenters. The van der Waals surface area contributed by atoms with Crippen molar-refractivity contribution in [3.05, 3.63) is 66.1 Å². The fourth-order valence-corrected chi connectivity index (χ4v) is 5.19. The maximum Gasteiger partial charge on any atom is 0.246 e. The number of halogens is 1. The Morgan fingerprint density at radius 1 is 0.939 bits per heavy atom. The molecule has 2 aliphatic heterocycles. The maximum absolute atomic E-state index is 13.1. The Morgan fingerprint density at radius 2 is 1.67 bits per heavy atom. The van der Waals surface area contributed by atoms with Crippen LogP contribution in [0.2, 0.25) is 0 Å². The fourth-order valence-electron chi connectivity index (χ4n) is 5.19. The summed E-state index contributed by atoms with van der Waals surface area (Å²) in [6, 6.07) is 12.0. The Balaban J connectivity index is 1.09. The molecule has 3 fully saturated rings. The average Bonchev–Trinajstić information content (AvgIpc) is 3.57. The molecule has 0 bridgehead atoms. The number of rotatable bonds is 4. The fraction of sp³-hybridized carbons (Fsp3) is 0.423. The zero-order valence-electron chi connectivity index (χ0n) is 18.7. The summed E-state index contributed by atoms with van der Waals surface area (Å²) < 4.78 is 13.0. The van der Waals surface area contributed by atoms with Gasteiger partial charge in [-0.1, -0.05) is 18.2 Å². The molecule has 7 heteroatoms. The highest BCUT2D eigenvalue weighted by Crippen LogP contribution is 2.60. The summed E-state index contributed by atoms with van der Waals surface area (Å²) in [4.78, 5) is 36.2. The minimum Gasteiger partial charge on any atom is -0.353 e. The van der Waals surface area contributed by atoms with Crippen LogP contribution in [0.1, 0.15) is 24.8 Å². The number of hydrogen-bond donors (Lipinski definition) is 0. The van der Waals surface area contributed by atoms with Crippen molar-refractivity contribution in [1.82, 2.24) is 14.8 Å². The number of carbonyl (C=O) groups is 2. The van der Waals surface area contributed by atoms with Gasteiger partial charge in [-0.3, -0.25) is 9.59 Å². The van der Waals surface area contributed by atoms with Gasteiger partial charge in [0.15, 0.2) is 0 Å². The SMILES string of the molecule is O=C(/C=C/c1ccc(F)cc1)N1CCC2(CC1)C[C@H]2C(=O)N1CCN(c2ccccn2)CC1. The van der Waals surface area contributed by atoms with Gasteiger partial charge >= 0.3 is 0 Å². The van der Waals surface area contributed by atoms with E-state index in [1.54, 1.807) is 30.5 Å². The van der Waals surface area contributed by atoms with E-state index in [2.05, 4.69) is 9.88 Å². The van der Waals surface area contributed by atoms with E-state index in [-0.39, 0.29) is 29.0 Å². The number of likely N-dealkylation sites (tertiary alicyclic amines) is 1. The van der Waals surface area contributed by atoms with Gasteiger partial charge in [0, 0.05) is 57.5 Å². The minimum absolute atomic E-state index is 0.0247. The van der Waals surface area contributed by atoms with Gasteiger partial charge in [0.05, 0.1) is 0 Å². The van der Waals surface area contributed by atoms with Gasteiger partial charge in [0.1, 0.15) is 11.6 Å². The summed E-state index contributed by atoms with van der Waals surface area (Å²) in [5.74, 6) is 1.04. The van der Waals surface area contributed by atoms with Crippen molar-refractivity contribution in [1.29, 1.82) is 0 Å². The van der Waals surface area contributed by atoms with Crippen molar-refractivity contribution in [3.63, 3.8) is 0 Å². The van der Waals surface area contributed by atoms with Crippen LogP contribution in [-0.2, 0) is 9.59 Å². The molecule has 1 atom stereocenters. The Hall–Kier alpha value is -3.22. The van der Waals surface area contributed by atoms with Crippen LogP contribution in [0.15, 0.2) is 54.7 Å². The molecule has 0 radical (unpaired) electrons. The lowest BCUT2D eigenvalue weighted by molar-refractivity contribution is -0.134. The monoisotopic (exact) mass is 448 g/mol. The lowest BCUT2D eigenvalue weighted by Gasteiger charge is -2.37. The van der Waals surface area contributed by atoms with Gasteiger partial charge in [-0.2, -0.15) is 0 Å². The molecule has 0 N–H and O–H groups in total. The standard InChI is InChI=1S/C26H29FN4O2/c27-21-7-4-20(5-8-21)6-9-24(32)30-13-10-26(11-14-30)19-22(26)25(33)31-17-15-29(16-18-31)23-3-1-2-12-28-23/h1-9,12,22H,10-11,13-19H2/b9-6+/t22-/m0/s1. The highest BCUT2D eigenvalue weighted by molar-refractivity contribution is 5.92. The van der Waals surface area contributed by atoms with Crippen molar-refractivity contribution in [2.45, 2.75) is 19.3 Å². The number of piperidine rings is 1. The summed E-state index contributed by atoms with van der Waals surface area (Å²) in [7, 11) is 0. The van der Waals surface area contributed by atoms with Gasteiger partial charge in [0.25, 0.3) is 0 Å². The lowest BCUT2D eigenvalue weighted by atomic mass is 9.90. The molecule has 3 aliphatic rings. The molecule has 2 aromatic rings. The number of nitrogens with zero attached hydrogens (tertiary/aromatic N) is 4. The molecule has 2 saturated heterocycles. The molecular formula is C26H29FN4O2. The maximum atomic E-state index is 13.1. The number of anilines is 1. The molecule has 1 saturated carbocycles. The molecule has 33 heavy (non-hydrogen) atoms. The number of aromatic nitrogens is 1. The Bertz CT molecular complexity index is 1020. The molecule has 1 aromatic heterocycles. The normalized spacial score (nSPS) is 22.1. The van der Waals surface area contributed by atoms with Crippen LogP contribution < -0.4 is 4.90 Å². The highest BCUT2D eigenvalue weighted by Gasteiger charge is 2.59. The number of benzene rings is 1. The summed E-state index contributed by atoms with van der Waals surface area (Å²) in [5, 5.41) is 0. The first-order chi connectivity index (χ1) is 16.0. The van der Waals surface area contributed by atoms with Crippen molar-refractivity contribution in [3.8, 4) is 0 Å². The van der Waals surface area contributed by atoms with Crippen LogP contribution in [0.3, 0.4) is 0 Å². The van der Waals surface area contributed by atoms with Crippen molar-refractivity contribution in [2.75, 3.05) is 44.2 Å². The van der Waals surface area contributed by atoms with E-state index in [4.69, 9.17) is 0 Å². The first-order valence-electron chi connectivity index (χ1n) is 11.7. The first-order valence-corrected chi connectivity index (χ1v) is 11.7. The van der Waals surface area contributed by atoms with Crippen LogP contribution in [0, 0.1) is 17.2 Å². The van der Waals surface area contributed by atoms with E-state index in [9.17, 15) is 14.0 Å². The molecule has 5 rings (SSSR count). The zero-order chi connectivity index (χ0) is 22.8. The van der Waals surface area contributed by atoms with Crippen LogP contribution in [-0.4, -0.2) is 65.9 Å². The van der Waals surface area contributed by atoms with Gasteiger partial charge in [0.2, 0.25) is 11.8 Å². The molecule has 3 heterocycles. The number of carbonyl (C=O) groups excluding carboxylic acids is 2.